The van der Waals surface area contributed by atoms with Crippen molar-refractivity contribution in [2.45, 2.75) is 33.9 Å². The third kappa shape index (κ3) is 4.42. The molecule has 2 aliphatic rings. The van der Waals surface area contributed by atoms with Gasteiger partial charge in [-0.05, 0) is 41.7 Å². The summed E-state index contributed by atoms with van der Waals surface area (Å²) in [5.41, 5.74) is 2.47. The van der Waals surface area contributed by atoms with Crippen LogP contribution in [-0.2, 0) is 0 Å². The van der Waals surface area contributed by atoms with Gasteiger partial charge >= 0.3 is 0 Å². The topological polar surface area (TPSA) is 108 Å². The predicted molar refractivity (Wildman–Crippen MR) is 143 cm³/mol. The molecular weight excluding hydrogens is 570 g/mol. The Bertz CT molecular complexity index is 1340. The summed E-state index contributed by atoms with van der Waals surface area (Å²) in [7, 11) is 1.49. The largest absolute Gasteiger partial charge is 0.494 e. The van der Waals surface area contributed by atoms with Crippen LogP contribution in [0.25, 0.3) is 0 Å². The van der Waals surface area contributed by atoms with Crippen molar-refractivity contribution >= 4 is 56.4 Å². The number of methoxy groups -OCH3 is 1. The number of nitrogens with zero attached hydrogens (tertiary/aromatic N) is 2. The highest BCUT2D eigenvalue weighted by atomic mass is 79.9. The van der Waals surface area contributed by atoms with Crippen LogP contribution in [0.4, 0.5) is 17.1 Å². The smallest absolute Gasteiger partial charge is 0.282 e. The highest BCUT2D eigenvalue weighted by Gasteiger charge is 2.51. The van der Waals surface area contributed by atoms with E-state index in [1.165, 1.54) is 31.0 Å². The first-order chi connectivity index (χ1) is 17.3. The molecule has 5 rings (SSSR count). The summed E-state index contributed by atoms with van der Waals surface area (Å²) >= 11 is 12.0. The molecule has 3 aromatic carbocycles. The molecule has 1 aliphatic carbocycles. The summed E-state index contributed by atoms with van der Waals surface area (Å²) in [5.74, 6) is 0.178. The number of para-hydroxylation sites is 1. The molecule has 186 valence electrons. The average molecular weight is 591 g/mol. The Balaban J connectivity index is 1.60. The molecule has 0 saturated heterocycles. The lowest BCUT2D eigenvalue weighted by molar-refractivity contribution is -0.387. The standard InChI is InChI=1S/C25H21BrClN3O5S/c1-35-19-11-15(29(31)32)10-16-22-17(24(28-25(16)19)13-6-8-14(26)9-7-13)12-21(23(22)27)36-20-5-3-2-4-18(20)30(33)34/h2-11,17,21-24,28H,12H2,1H3/t17-,21+,22+,23-,24-/m1/s1. The summed E-state index contributed by atoms with van der Waals surface area (Å²) in [6.45, 7) is 0. The monoisotopic (exact) mass is 589 g/mol. The first kappa shape index (κ1) is 24.9. The number of benzene rings is 3. The van der Waals surface area contributed by atoms with Gasteiger partial charge < -0.3 is 10.1 Å². The van der Waals surface area contributed by atoms with Gasteiger partial charge in [-0.1, -0.05) is 40.2 Å². The van der Waals surface area contributed by atoms with Gasteiger partial charge in [0.15, 0.2) is 0 Å². The Kier molecular flexibility index (Phi) is 6.84. The van der Waals surface area contributed by atoms with Gasteiger partial charge in [0.25, 0.3) is 11.4 Å². The van der Waals surface area contributed by atoms with Gasteiger partial charge in [0, 0.05) is 27.8 Å². The van der Waals surface area contributed by atoms with E-state index in [2.05, 4.69) is 21.2 Å². The second-order valence-electron chi connectivity index (χ2n) is 8.79. The number of nitrogens with one attached hydrogen (secondary N) is 1. The third-order valence-electron chi connectivity index (χ3n) is 6.87. The summed E-state index contributed by atoms with van der Waals surface area (Å²) < 4.78 is 6.51. The molecule has 0 unspecified atom stereocenters. The van der Waals surface area contributed by atoms with Gasteiger partial charge in [-0.3, -0.25) is 20.2 Å². The fourth-order valence-corrected chi connectivity index (χ4v) is 7.52. The van der Waals surface area contributed by atoms with Crippen molar-refractivity contribution in [2.24, 2.45) is 5.92 Å². The fraction of sp³-hybridized carbons (Fsp3) is 0.280. The number of hydrogen-bond donors (Lipinski definition) is 1. The van der Waals surface area contributed by atoms with E-state index in [4.69, 9.17) is 16.3 Å². The number of anilines is 1. The second kappa shape index (κ2) is 9.91. The minimum Gasteiger partial charge on any atom is -0.494 e. The molecule has 36 heavy (non-hydrogen) atoms. The van der Waals surface area contributed by atoms with Gasteiger partial charge in [0.1, 0.15) is 5.75 Å². The van der Waals surface area contributed by atoms with E-state index in [9.17, 15) is 20.2 Å². The normalized spacial score (nSPS) is 24.4. The number of nitro groups is 2. The van der Waals surface area contributed by atoms with Crippen LogP contribution >= 0.6 is 39.3 Å². The van der Waals surface area contributed by atoms with Gasteiger partial charge in [-0.2, -0.15) is 0 Å². The number of rotatable bonds is 6. The first-order valence-corrected chi connectivity index (χ1v) is 13.3. The number of thioether (sulfide) groups is 1. The van der Waals surface area contributed by atoms with Crippen LogP contribution < -0.4 is 10.1 Å². The molecule has 1 N–H and O–H groups in total. The van der Waals surface area contributed by atoms with Crippen molar-refractivity contribution in [3.05, 3.63) is 96.5 Å². The number of non-ortho nitro benzene ring substituents is 1. The highest BCUT2D eigenvalue weighted by molar-refractivity contribution is 9.10. The van der Waals surface area contributed by atoms with Gasteiger partial charge in [0.05, 0.1) is 45.0 Å². The first-order valence-electron chi connectivity index (χ1n) is 11.2. The van der Waals surface area contributed by atoms with Crippen LogP contribution in [0.2, 0.25) is 0 Å². The lowest BCUT2D eigenvalue weighted by Gasteiger charge is -2.38. The third-order valence-corrected chi connectivity index (χ3v) is 9.51. The van der Waals surface area contributed by atoms with Gasteiger partial charge in [-0.25, -0.2) is 0 Å². The summed E-state index contributed by atoms with van der Waals surface area (Å²) in [4.78, 5) is 23.0. The van der Waals surface area contributed by atoms with E-state index in [0.717, 1.165) is 15.6 Å². The van der Waals surface area contributed by atoms with Crippen molar-refractivity contribution in [3.63, 3.8) is 0 Å². The van der Waals surface area contributed by atoms with Crippen LogP contribution in [-0.4, -0.2) is 27.6 Å². The Morgan fingerprint density at radius 2 is 1.81 bits per heavy atom. The maximum Gasteiger partial charge on any atom is 0.282 e. The van der Waals surface area contributed by atoms with E-state index in [1.54, 1.807) is 24.3 Å². The second-order valence-corrected chi connectivity index (χ2v) is 11.5. The van der Waals surface area contributed by atoms with E-state index in [1.807, 2.05) is 24.3 Å². The maximum absolute atomic E-state index is 11.7. The van der Waals surface area contributed by atoms with E-state index in [-0.39, 0.29) is 39.4 Å². The van der Waals surface area contributed by atoms with E-state index in [0.29, 0.717) is 22.8 Å². The number of fused-ring (bicyclic) bond motifs is 3. The summed E-state index contributed by atoms with van der Waals surface area (Å²) in [5, 5.41) is 26.3. The zero-order valence-electron chi connectivity index (χ0n) is 19.0. The number of hydrogen-bond acceptors (Lipinski definition) is 7. The minimum atomic E-state index is -0.434. The molecule has 1 aliphatic heterocycles. The zero-order chi connectivity index (χ0) is 25.6. The van der Waals surface area contributed by atoms with Crippen LogP contribution in [0.1, 0.15) is 29.5 Å². The molecule has 1 fully saturated rings. The van der Waals surface area contributed by atoms with Crippen molar-refractivity contribution < 1.29 is 14.6 Å². The highest BCUT2D eigenvalue weighted by Crippen LogP contribution is 2.60. The fourth-order valence-electron chi connectivity index (χ4n) is 5.31. The van der Waals surface area contributed by atoms with E-state index >= 15 is 0 Å². The predicted octanol–water partition coefficient (Wildman–Crippen LogP) is 7.31. The van der Waals surface area contributed by atoms with Crippen molar-refractivity contribution in [2.75, 3.05) is 12.4 Å². The van der Waals surface area contributed by atoms with Gasteiger partial charge in [-0.15, -0.1) is 23.4 Å². The molecule has 0 bridgehead atoms. The summed E-state index contributed by atoms with van der Waals surface area (Å²) in [6.07, 6.45) is 0.674. The SMILES string of the molecule is COc1cc([N+](=O)[O-])cc2c1N[C@H](c1ccc(Br)cc1)[C@@H]1C[C@H](Sc3ccccc3[N+](=O)[O-])[C@@H](Cl)[C@@H]21. The number of alkyl halides is 1. The van der Waals surface area contributed by atoms with Crippen molar-refractivity contribution in [1.29, 1.82) is 0 Å². The maximum atomic E-state index is 11.7. The van der Waals surface area contributed by atoms with E-state index < -0.39 is 10.3 Å². The molecule has 1 heterocycles. The minimum absolute atomic E-state index is 0.00755. The van der Waals surface area contributed by atoms with Crippen LogP contribution in [0.3, 0.4) is 0 Å². The summed E-state index contributed by atoms with van der Waals surface area (Å²) in [6, 6.07) is 17.5. The molecule has 5 atom stereocenters. The Morgan fingerprint density at radius 3 is 2.47 bits per heavy atom. The molecule has 11 heteroatoms. The Morgan fingerprint density at radius 1 is 1.08 bits per heavy atom. The number of nitro benzene ring substituents is 2. The Labute approximate surface area is 224 Å². The van der Waals surface area contributed by atoms with Crippen LogP contribution in [0.15, 0.2) is 70.0 Å². The van der Waals surface area contributed by atoms with Crippen LogP contribution in [0, 0.1) is 26.1 Å². The molecule has 1 saturated carbocycles. The Hall–Kier alpha value is -2.82. The molecular formula is C25H21BrClN3O5S. The molecule has 0 aromatic heterocycles. The molecule has 0 amide bonds. The lowest BCUT2D eigenvalue weighted by Crippen LogP contribution is -2.31. The van der Waals surface area contributed by atoms with Gasteiger partial charge in [0.2, 0.25) is 0 Å². The molecule has 3 aromatic rings. The lowest BCUT2D eigenvalue weighted by atomic mass is 9.77. The average Bonchev–Trinajstić information content (AvgIpc) is 3.19. The quantitative estimate of drug-likeness (QED) is 0.182. The molecule has 8 nitrogen and oxygen atoms in total. The molecule has 0 spiro atoms. The number of ether oxygens (including phenoxy) is 1. The van der Waals surface area contributed by atoms with Crippen LogP contribution in [0.5, 0.6) is 5.75 Å². The van der Waals surface area contributed by atoms with Crippen molar-refractivity contribution in [1.82, 2.24) is 0 Å². The van der Waals surface area contributed by atoms with Crippen molar-refractivity contribution in [3.8, 4) is 5.75 Å². The zero-order valence-corrected chi connectivity index (χ0v) is 22.1. The number of halogens is 2. The molecule has 0 radical (unpaired) electrons.